The van der Waals surface area contributed by atoms with Gasteiger partial charge >= 0.3 is 0 Å². The van der Waals surface area contributed by atoms with Gasteiger partial charge in [0.1, 0.15) is 23.9 Å². The van der Waals surface area contributed by atoms with Crippen LogP contribution in [0, 0.1) is 13.8 Å². The van der Waals surface area contributed by atoms with Crippen LogP contribution in [-0.4, -0.2) is 23.5 Å². The lowest BCUT2D eigenvalue weighted by molar-refractivity contribution is 0.301. The minimum atomic E-state index is -3.73. The van der Waals surface area contributed by atoms with Crippen molar-refractivity contribution < 1.29 is 17.7 Å². The zero-order chi connectivity index (χ0) is 19.7. The van der Waals surface area contributed by atoms with E-state index in [1.807, 2.05) is 13.8 Å². The zero-order valence-electron chi connectivity index (χ0n) is 15.5. The van der Waals surface area contributed by atoms with E-state index in [9.17, 15) is 8.42 Å². The van der Waals surface area contributed by atoms with E-state index in [-0.39, 0.29) is 4.90 Å². The van der Waals surface area contributed by atoms with Gasteiger partial charge < -0.3 is 9.26 Å². The molecule has 9 heteroatoms. The number of benzene rings is 1. The van der Waals surface area contributed by atoms with Crippen LogP contribution in [0.15, 0.2) is 46.1 Å². The third-order valence-corrected chi connectivity index (χ3v) is 5.96. The van der Waals surface area contributed by atoms with Crippen LogP contribution in [0.2, 0.25) is 0 Å². The lowest BCUT2D eigenvalue weighted by Gasteiger charge is -2.09. The van der Waals surface area contributed by atoms with Crippen LogP contribution in [0.25, 0.3) is 0 Å². The van der Waals surface area contributed by atoms with E-state index in [4.69, 9.17) is 9.26 Å². The molecule has 146 valence electrons. The standard InChI is InChI=1S/C19H20N4O4S/c1-12-18(13(2)27-22-12)11-26-16-5-7-17(8-6-16)28(24,25)23-15-9-20-19(21-10-15)14-3-4-14/h5-10,14,23H,3-4,11H2,1-2H3. The van der Waals surface area contributed by atoms with Crippen LogP contribution in [0.1, 0.15) is 41.6 Å². The number of rotatable bonds is 7. The summed E-state index contributed by atoms with van der Waals surface area (Å²) in [6, 6.07) is 6.20. The summed E-state index contributed by atoms with van der Waals surface area (Å²) in [6.45, 7) is 3.97. The normalized spacial score (nSPS) is 14.1. The first-order valence-electron chi connectivity index (χ1n) is 8.92. The largest absolute Gasteiger partial charge is 0.489 e. The van der Waals surface area contributed by atoms with Crippen molar-refractivity contribution in [2.45, 2.75) is 44.1 Å². The highest BCUT2D eigenvalue weighted by atomic mass is 32.2. The summed E-state index contributed by atoms with van der Waals surface area (Å²) in [6.07, 6.45) is 5.18. The molecule has 0 aliphatic heterocycles. The number of nitrogens with zero attached hydrogens (tertiary/aromatic N) is 3. The highest BCUT2D eigenvalue weighted by Crippen LogP contribution is 2.37. The van der Waals surface area contributed by atoms with Gasteiger partial charge in [0.2, 0.25) is 0 Å². The fourth-order valence-corrected chi connectivity index (χ4v) is 3.76. The van der Waals surface area contributed by atoms with Gasteiger partial charge in [-0.05, 0) is 51.0 Å². The minimum Gasteiger partial charge on any atom is -0.489 e. The lowest BCUT2D eigenvalue weighted by atomic mass is 10.2. The molecule has 2 heterocycles. The van der Waals surface area contributed by atoms with E-state index in [1.54, 1.807) is 12.1 Å². The molecular weight excluding hydrogens is 380 g/mol. The molecule has 1 saturated carbocycles. The van der Waals surface area contributed by atoms with Gasteiger partial charge in [-0.2, -0.15) is 0 Å². The van der Waals surface area contributed by atoms with Crippen molar-refractivity contribution in [3.05, 3.63) is 59.5 Å². The maximum absolute atomic E-state index is 12.5. The Hall–Kier alpha value is -2.94. The molecule has 0 spiro atoms. The molecule has 0 amide bonds. The predicted molar refractivity (Wildman–Crippen MR) is 102 cm³/mol. The van der Waals surface area contributed by atoms with Crippen LogP contribution in [0.3, 0.4) is 0 Å². The molecule has 1 N–H and O–H groups in total. The molecule has 1 aliphatic rings. The lowest BCUT2D eigenvalue weighted by Crippen LogP contribution is -2.13. The molecular formula is C19H20N4O4S. The molecule has 1 aliphatic carbocycles. The Morgan fingerprint density at radius 1 is 1.14 bits per heavy atom. The van der Waals surface area contributed by atoms with Gasteiger partial charge in [0.25, 0.3) is 10.0 Å². The Bertz CT molecular complexity index is 1050. The van der Waals surface area contributed by atoms with Gasteiger partial charge in [-0.1, -0.05) is 5.16 Å². The molecule has 1 aromatic carbocycles. The molecule has 4 rings (SSSR count). The number of anilines is 1. The molecule has 0 atom stereocenters. The summed E-state index contributed by atoms with van der Waals surface area (Å²) in [4.78, 5) is 8.58. The summed E-state index contributed by atoms with van der Waals surface area (Å²) >= 11 is 0. The van der Waals surface area contributed by atoms with Gasteiger partial charge in [-0.25, -0.2) is 18.4 Å². The van der Waals surface area contributed by atoms with E-state index in [2.05, 4.69) is 19.8 Å². The molecule has 3 aromatic rings. The Morgan fingerprint density at radius 3 is 2.39 bits per heavy atom. The molecule has 8 nitrogen and oxygen atoms in total. The van der Waals surface area contributed by atoms with Crippen LogP contribution < -0.4 is 9.46 Å². The first-order valence-corrected chi connectivity index (χ1v) is 10.4. The van der Waals surface area contributed by atoms with Crippen molar-refractivity contribution in [2.24, 2.45) is 0 Å². The second-order valence-corrected chi connectivity index (χ2v) is 8.45. The number of aromatic nitrogens is 3. The van der Waals surface area contributed by atoms with Crippen molar-refractivity contribution in [3.63, 3.8) is 0 Å². The van der Waals surface area contributed by atoms with Crippen LogP contribution >= 0.6 is 0 Å². The van der Waals surface area contributed by atoms with Crippen LogP contribution in [0.4, 0.5) is 5.69 Å². The highest BCUT2D eigenvalue weighted by Gasteiger charge is 2.26. The van der Waals surface area contributed by atoms with E-state index >= 15 is 0 Å². The quantitative estimate of drug-likeness (QED) is 0.648. The topological polar surface area (TPSA) is 107 Å². The fourth-order valence-electron chi connectivity index (χ4n) is 2.74. The minimum absolute atomic E-state index is 0.128. The van der Waals surface area contributed by atoms with E-state index in [0.717, 1.165) is 29.9 Å². The summed E-state index contributed by atoms with van der Waals surface area (Å²) in [5.41, 5.74) is 1.99. The van der Waals surface area contributed by atoms with Gasteiger partial charge in [-0.3, -0.25) is 4.72 Å². The second-order valence-electron chi connectivity index (χ2n) is 6.77. The van der Waals surface area contributed by atoms with Crippen LogP contribution in [0.5, 0.6) is 5.75 Å². The van der Waals surface area contributed by atoms with Crippen molar-refractivity contribution in [2.75, 3.05) is 4.72 Å². The molecule has 0 unspecified atom stereocenters. The Morgan fingerprint density at radius 2 is 1.82 bits per heavy atom. The van der Waals surface area contributed by atoms with Crippen molar-refractivity contribution in [3.8, 4) is 5.75 Å². The van der Waals surface area contributed by atoms with E-state index < -0.39 is 10.0 Å². The first kappa shape index (κ1) is 18.4. The number of sulfonamides is 1. The van der Waals surface area contributed by atoms with Crippen LogP contribution in [-0.2, 0) is 16.6 Å². The predicted octanol–water partition coefficient (Wildman–Crippen LogP) is 3.34. The second kappa shape index (κ2) is 7.23. The monoisotopic (exact) mass is 400 g/mol. The summed E-state index contributed by atoms with van der Waals surface area (Å²) in [7, 11) is -3.73. The number of ether oxygens (including phenoxy) is 1. The van der Waals surface area contributed by atoms with Gasteiger partial charge in [0.05, 0.1) is 34.2 Å². The SMILES string of the molecule is Cc1noc(C)c1COc1ccc(S(=O)(=O)Nc2cnc(C3CC3)nc2)cc1. The summed E-state index contributed by atoms with van der Waals surface area (Å²) < 4.78 is 38.4. The number of hydrogen-bond donors (Lipinski definition) is 1. The molecule has 1 fully saturated rings. The summed E-state index contributed by atoms with van der Waals surface area (Å²) in [5, 5.41) is 3.88. The average molecular weight is 400 g/mol. The highest BCUT2D eigenvalue weighted by molar-refractivity contribution is 7.92. The Kier molecular flexibility index (Phi) is 4.76. The first-order chi connectivity index (χ1) is 13.4. The maximum Gasteiger partial charge on any atom is 0.261 e. The molecule has 28 heavy (non-hydrogen) atoms. The number of nitrogens with one attached hydrogen (secondary N) is 1. The van der Waals surface area contributed by atoms with Crippen molar-refractivity contribution in [1.82, 2.24) is 15.1 Å². The molecule has 0 bridgehead atoms. The number of aryl methyl sites for hydroxylation is 2. The molecule has 0 radical (unpaired) electrons. The average Bonchev–Trinajstić information content (AvgIpc) is 3.47. The third kappa shape index (κ3) is 3.99. The Labute approximate surface area is 163 Å². The number of hydrogen-bond acceptors (Lipinski definition) is 7. The Balaban J connectivity index is 1.41. The third-order valence-electron chi connectivity index (χ3n) is 4.56. The maximum atomic E-state index is 12.5. The summed E-state index contributed by atoms with van der Waals surface area (Å²) in [5.74, 6) is 2.44. The molecule has 2 aromatic heterocycles. The zero-order valence-corrected chi connectivity index (χ0v) is 16.4. The molecule has 0 saturated heterocycles. The fraction of sp³-hybridized carbons (Fsp3) is 0.316. The van der Waals surface area contributed by atoms with Crippen molar-refractivity contribution in [1.29, 1.82) is 0 Å². The smallest absolute Gasteiger partial charge is 0.261 e. The van der Waals surface area contributed by atoms with E-state index in [0.29, 0.717) is 29.7 Å². The van der Waals surface area contributed by atoms with E-state index in [1.165, 1.54) is 24.5 Å². The van der Waals surface area contributed by atoms with Gasteiger partial charge in [0, 0.05) is 5.92 Å². The van der Waals surface area contributed by atoms with Gasteiger partial charge in [0.15, 0.2) is 0 Å². The van der Waals surface area contributed by atoms with Crippen molar-refractivity contribution >= 4 is 15.7 Å². The van der Waals surface area contributed by atoms with Gasteiger partial charge in [-0.15, -0.1) is 0 Å².